The lowest BCUT2D eigenvalue weighted by atomic mass is 10.1. The van der Waals surface area contributed by atoms with Crippen molar-refractivity contribution in [2.24, 2.45) is 5.92 Å². The predicted octanol–water partition coefficient (Wildman–Crippen LogP) is 3.82. The van der Waals surface area contributed by atoms with Gasteiger partial charge < -0.3 is 5.11 Å². The van der Waals surface area contributed by atoms with Gasteiger partial charge in [0.15, 0.2) is 0 Å². The lowest BCUT2D eigenvalue weighted by molar-refractivity contribution is -0.141. The third kappa shape index (κ3) is 4.69. The molecule has 0 saturated heterocycles. The van der Waals surface area contributed by atoms with Crippen LogP contribution in [0.2, 0.25) is 0 Å². The highest BCUT2D eigenvalue weighted by Gasteiger charge is 2.16. The number of halogens is 2. The first-order valence-corrected chi connectivity index (χ1v) is 7.73. The molecule has 17 heavy (non-hydrogen) atoms. The number of nitrogens with zero attached hydrogens (tertiary/aromatic N) is 1. The minimum atomic E-state index is -0.739. The van der Waals surface area contributed by atoms with E-state index in [1.165, 1.54) is 4.88 Å². The van der Waals surface area contributed by atoms with Gasteiger partial charge in [0, 0.05) is 22.4 Å². The van der Waals surface area contributed by atoms with Gasteiger partial charge in [-0.2, -0.15) is 0 Å². The maximum atomic E-state index is 10.8. The Morgan fingerprint density at radius 3 is 2.65 bits per heavy atom. The van der Waals surface area contributed by atoms with Crippen molar-refractivity contribution in [3.05, 3.63) is 19.2 Å². The van der Waals surface area contributed by atoms with Crippen LogP contribution in [0.3, 0.4) is 0 Å². The standard InChI is InChI=1S/C11H15Br2NO2S/c1-3-14(5-7(2)11(15)16)6-8-4-9(12)10(13)17-8/h4,7H,3,5-6H2,1-2H3,(H,15,16). The van der Waals surface area contributed by atoms with Crippen LogP contribution >= 0.6 is 43.2 Å². The molecule has 0 aliphatic heterocycles. The van der Waals surface area contributed by atoms with Crippen molar-refractivity contribution in [1.82, 2.24) is 4.90 Å². The van der Waals surface area contributed by atoms with Gasteiger partial charge in [-0.15, -0.1) is 11.3 Å². The van der Waals surface area contributed by atoms with Gasteiger partial charge in [-0.1, -0.05) is 13.8 Å². The first kappa shape index (κ1) is 15.1. The smallest absolute Gasteiger partial charge is 0.307 e. The third-order valence-electron chi connectivity index (χ3n) is 2.48. The molecule has 1 aromatic heterocycles. The van der Waals surface area contributed by atoms with Crippen LogP contribution in [0.1, 0.15) is 18.7 Å². The average Bonchev–Trinajstić information content (AvgIpc) is 2.56. The molecular formula is C11H15Br2NO2S. The zero-order valence-corrected chi connectivity index (χ0v) is 13.7. The molecule has 0 aromatic carbocycles. The first-order valence-electron chi connectivity index (χ1n) is 5.32. The van der Waals surface area contributed by atoms with E-state index in [0.717, 1.165) is 21.3 Å². The van der Waals surface area contributed by atoms with E-state index in [4.69, 9.17) is 5.11 Å². The van der Waals surface area contributed by atoms with Crippen LogP contribution in [0.5, 0.6) is 0 Å². The molecule has 0 saturated carbocycles. The Hall–Kier alpha value is 0.0900. The maximum absolute atomic E-state index is 10.8. The van der Waals surface area contributed by atoms with Crippen molar-refractivity contribution in [2.75, 3.05) is 13.1 Å². The largest absolute Gasteiger partial charge is 0.481 e. The fourth-order valence-corrected chi connectivity index (χ4v) is 3.68. The molecule has 0 aliphatic carbocycles. The van der Waals surface area contributed by atoms with E-state index in [0.29, 0.717) is 6.54 Å². The van der Waals surface area contributed by atoms with Crippen molar-refractivity contribution >= 4 is 49.2 Å². The molecule has 0 spiro atoms. The normalized spacial score (nSPS) is 13.0. The molecule has 0 radical (unpaired) electrons. The minimum Gasteiger partial charge on any atom is -0.481 e. The highest BCUT2D eigenvalue weighted by molar-refractivity contribution is 9.13. The van der Waals surface area contributed by atoms with E-state index < -0.39 is 5.97 Å². The van der Waals surface area contributed by atoms with Gasteiger partial charge in [0.05, 0.1) is 9.70 Å². The van der Waals surface area contributed by atoms with E-state index >= 15 is 0 Å². The van der Waals surface area contributed by atoms with Crippen LogP contribution in [-0.4, -0.2) is 29.1 Å². The van der Waals surface area contributed by atoms with Crippen molar-refractivity contribution in [3.63, 3.8) is 0 Å². The summed E-state index contributed by atoms with van der Waals surface area (Å²) in [6, 6.07) is 2.07. The summed E-state index contributed by atoms with van der Waals surface area (Å²) in [5.74, 6) is -1.07. The highest BCUT2D eigenvalue weighted by Crippen LogP contribution is 2.33. The predicted molar refractivity (Wildman–Crippen MR) is 77.5 cm³/mol. The van der Waals surface area contributed by atoms with Crippen LogP contribution in [0.25, 0.3) is 0 Å². The van der Waals surface area contributed by atoms with Gasteiger partial charge in [-0.3, -0.25) is 9.69 Å². The first-order chi connectivity index (χ1) is 7.93. The Morgan fingerprint density at radius 1 is 1.59 bits per heavy atom. The summed E-state index contributed by atoms with van der Waals surface area (Å²) in [4.78, 5) is 14.2. The molecule has 1 unspecified atom stereocenters. The number of hydrogen-bond acceptors (Lipinski definition) is 3. The van der Waals surface area contributed by atoms with Gasteiger partial charge in [-0.05, 0) is 44.5 Å². The number of carbonyl (C=O) groups is 1. The van der Waals surface area contributed by atoms with Crippen LogP contribution in [0.15, 0.2) is 14.3 Å². The topological polar surface area (TPSA) is 40.5 Å². The lowest BCUT2D eigenvalue weighted by Gasteiger charge is -2.21. The van der Waals surface area contributed by atoms with Crippen molar-refractivity contribution in [1.29, 1.82) is 0 Å². The molecule has 1 atom stereocenters. The van der Waals surface area contributed by atoms with Gasteiger partial charge >= 0.3 is 5.97 Å². The second kappa shape index (κ2) is 6.87. The Kier molecular flexibility index (Phi) is 6.12. The average molecular weight is 385 g/mol. The van der Waals surface area contributed by atoms with Gasteiger partial charge in [0.25, 0.3) is 0 Å². The molecule has 0 amide bonds. The fraction of sp³-hybridized carbons (Fsp3) is 0.545. The van der Waals surface area contributed by atoms with Crippen molar-refractivity contribution in [2.45, 2.75) is 20.4 Å². The maximum Gasteiger partial charge on any atom is 0.307 e. The summed E-state index contributed by atoms with van der Waals surface area (Å²) in [6.07, 6.45) is 0. The van der Waals surface area contributed by atoms with E-state index in [1.54, 1.807) is 18.3 Å². The number of hydrogen-bond donors (Lipinski definition) is 1. The summed E-state index contributed by atoms with van der Waals surface area (Å²) in [6.45, 7) is 6.02. The summed E-state index contributed by atoms with van der Waals surface area (Å²) in [5, 5.41) is 8.90. The van der Waals surface area contributed by atoms with Crippen LogP contribution in [-0.2, 0) is 11.3 Å². The Balaban J connectivity index is 2.60. The zero-order chi connectivity index (χ0) is 13.0. The number of thiophene rings is 1. The van der Waals surface area contributed by atoms with E-state index in [2.05, 4.69) is 42.8 Å². The van der Waals surface area contributed by atoms with Crippen LogP contribution in [0.4, 0.5) is 0 Å². The second-order valence-corrected chi connectivity index (χ2v) is 7.21. The summed E-state index contributed by atoms with van der Waals surface area (Å²) in [7, 11) is 0. The van der Waals surface area contributed by atoms with Crippen molar-refractivity contribution in [3.8, 4) is 0 Å². The number of aliphatic carboxylic acids is 1. The Labute approximate surface area is 122 Å². The zero-order valence-electron chi connectivity index (χ0n) is 9.74. The molecule has 1 rings (SSSR count). The molecule has 1 heterocycles. The Morgan fingerprint density at radius 2 is 2.24 bits per heavy atom. The lowest BCUT2D eigenvalue weighted by Crippen LogP contribution is -2.31. The van der Waals surface area contributed by atoms with Gasteiger partial charge in [0.1, 0.15) is 0 Å². The molecule has 0 fully saturated rings. The van der Waals surface area contributed by atoms with E-state index in [-0.39, 0.29) is 5.92 Å². The molecule has 0 bridgehead atoms. The van der Waals surface area contributed by atoms with E-state index in [1.807, 2.05) is 6.92 Å². The molecule has 3 nitrogen and oxygen atoms in total. The monoisotopic (exact) mass is 383 g/mol. The molecule has 96 valence electrons. The minimum absolute atomic E-state index is 0.332. The van der Waals surface area contributed by atoms with Gasteiger partial charge in [0.2, 0.25) is 0 Å². The summed E-state index contributed by atoms with van der Waals surface area (Å²) >= 11 is 8.59. The Bertz CT molecular complexity index is 375. The molecule has 1 N–H and O–H groups in total. The number of rotatable bonds is 6. The SMILES string of the molecule is CCN(Cc1cc(Br)c(Br)s1)CC(C)C(=O)O. The van der Waals surface area contributed by atoms with E-state index in [9.17, 15) is 4.79 Å². The number of carboxylic acids is 1. The summed E-state index contributed by atoms with van der Waals surface area (Å²) < 4.78 is 2.13. The fourth-order valence-electron chi connectivity index (χ4n) is 1.46. The van der Waals surface area contributed by atoms with Crippen molar-refractivity contribution < 1.29 is 9.90 Å². The second-order valence-electron chi connectivity index (χ2n) is 3.90. The molecule has 6 heteroatoms. The molecule has 0 aliphatic rings. The summed E-state index contributed by atoms with van der Waals surface area (Å²) in [5.41, 5.74) is 0. The molecule has 1 aromatic rings. The molecular weight excluding hydrogens is 370 g/mol. The quantitative estimate of drug-likeness (QED) is 0.810. The van der Waals surface area contributed by atoms with Gasteiger partial charge in [-0.25, -0.2) is 0 Å². The van der Waals surface area contributed by atoms with Crippen LogP contribution < -0.4 is 0 Å². The number of carboxylic acid groups (broad SMARTS) is 1. The highest BCUT2D eigenvalue weighted by atomic mass is 79.9. The van der Waals surface area contributed by atoms with Crippen LogP contribution in [0, 0.1) is 5.92 Å². The third-order valence-corrected chi connectivity index (χ3v) is 5.72.